The number of carbonyl (C=O) groups is 2. The van der Waals surface area contributed by atoms with Gasteiger partial charge in [-0.1, -0.05) is 0 Å². The fourth-order valence-electron chi connectivity index (χ4n) is 1.50. The SMILES string of the molecule is CC(C)(C)OC(=O)C1CC(=O)CCCN1. The van der Waals surface area contributed by atoms with E-state index in [1.54, 1.807) is 0 Å². The van der Waals surface area contributed by atoms with Gasteiger partial charge in [0.1, 0.15) is 17.4 Å². The van der Waals surface area contributed by atoms with E-state index in [2.05, 4.69) is 5.32 Å². The normalized spacial score (nSPS) is 23.4. The maximum absolute atomic E-state index is 11.7. The van der Waals surface area contributed by atoms with Crippen molar-refractivity contribution in [1.82, 2.24) is 5.32 Å². The lowest BCUT2D eigenvalue weighted by Gasteiger charge is -2.23. The van der Waals surface area contributed by atoms with Crippen LogP contribution < -0.4 is 5.32 Å². The molecule has 0 aromatic carbocycles. The Labute approximate surface area is 90.4 Å². The fraction of sp³-hybridized carbons (Fsp3) is 0.818. The summed E-state index contributed by atoms with van der Waals surface area (Å²) in [4.78, 5) is 23.0. The van der Waals surface area contributed by atoms with Crippen LogP contribution in [0.4, 0.5) is 0 Å². The number of ether oxygens (including phenoxy) is 1. The highest BCUT2D eigenvalue weighted by atomic mass is 16.6. The Hall–Kier alpha value is -0.900. The molecule has 0 aromatic rings. The van der Waals surface area contributed by atoms with Gasteiger partial charge in [0.15, 0.2) is 0 Å². The molecular weight excluding hydrogens is 194 g/mol. The van der Waals surface area contributed by atoms with E-state index >= 15 is 0 Å². The second-order valence-corrected chi connectivity index (χ2v) is 4.89. The van der Waals surface area contributed by atoms with Crippen LogP contribution in [0.15, 0.2) is 0 Å². The van der Waals surface area contributed by atoms with E-state index in [-0.39, 0.29) is 18.2 Å². The number of hydrogen-bond donors (Lipinski definition) is 1. The van der Waals surface area contributed by atoms with Crippen molar-refractivity contribution in [3.63, 3.8) is 0 Å². The molecule has 15 heavy (non-hydrogen) atoms. The van der Waals surface area contributed by atoms with Gasteiger partial charge >= 0.3 is 5.97 Å². The highest BCUT2D eigenvalue weighted by Crippen LogP contribution is 2.12. The lowest BCUT2D eigenvalue weighted by molar-refractivity contribution is -0.158. The first-order valence-electron chi connectivity index (χ1n) is 5.36. The first-order valence-corrected chi connectivity index (χ1v) is 5.36. The van der Waals surface area contributed by atoms with Gasteiger partial charge < -0.3 is 10.1 Å². The lowest BCUT2D eigenvalue weighted by Crippen LogP contribution is -2.41. The molecule has 1 unspecified atom stereocenters. The van der Waals surface area contributed by atoms with E-state index in [1.807, 2.05) is 20.8 Å². The van der Waals surface area contributed by atoms with Gasteiger partial charge in [-0.15, -0.1) is 0 Å². The third kappa shape index (κ3) is 4.42. The van der Waals surface area contributed by atoms with Gasteiger partial charge in [0.25, 0.3) is 0 Å². The second kappa shape index (κ2) is 4.75. The van der Waals surface area contributed by atoms with E-state index in [0.29, 0.717) is 13.0 Å². The molecule has 1 aliphatic heterocycles. The van der Waals surface area contributed by atoms with Crippen molar-refractivity contribution in [2.75, 3.05) is 6.54 Å². The Morgan fingerprint density at radius 2 is 2.13 bits per heavy atom. The maximum Gasteiger partial charge on any atom is 0.324 e. The summed E-state index contributed by atoms with van der Waals surface area (Å²) in [6.07, 6.45) is 1.62. The molecule has 1 heterocycles. The summed E-state index contributed by atoms with van der Waals surface area (Å²) in [6, 6.07) is -0.459. The molecule has 0 amide bonds. The largest absolute Gasteiger partial charge is 0.459 e. The van der Waals surface area contributed by atoms with Crippen molar-refractivity contribution < 1.29 is 14.3 Å². The molecule has 1 aliphatic rings. The van der Waals surface area contributed by atoms with Crippen LogP contribution >= 0.6 is 0 Å². The van der Waals surface area contributed by atoms with E-state index in [9.17, 15) is 9.59 Å². The van der Waals surface area contributed by atoms with Crippen molar-refractivity contribution in [1.29, 1.82) is 0 Å². The van der Waals surface area contributed by atoms with Gasteiger partial charge in [-0.05, 0) is 33.7 Å². The summed E-state index contributed by atoms with van der Waals surface area (Å²) in [5, 5.41) is 3.04. The minimum absolute atomic E-state index is 0.135. The predicted octanol–water partition coefficient (Wildman–Crippen LogP) is 1.04. The summed E-state index contributed by atoms with van der Waals surface area (Å²) in [6.45, 7) is 6.17. The van der Waals surface area contributed by atoms with Crippen molar-refractivity contribution in [2.45, 2.75) is 51.7 Å². The monoisotopic (exact) mass is 213 g/mol. The number of carbonyl (C=O) groups excluding carboxylic acids is 2. The molecule has 1 rings (SSSR count). The Kier molecular flexibility index (Phi) is 3.85. The highest BCUT2D eigenvalue weighted by Gasteiger charge is 2.28. The highest BCUT2D eigenvalue weighted by molar-refractivity contribution is 5.87. The minimum atomic E-state index is -0.492. The molecule has 0 bridgehead atoms. The summed E-state index contributed by atoms with van der Waals surface area (Å²) in [5.74, 6) is -0.186. The molecule has 0 aliphatic carbocycles. The van der Waals surface area contributed by atoms with Crippen LogP contribution in [-0.2, 0) is 14.3 Å². The second-order valence-electron chi connectivity index (χ2n) is 4.89. The lowest BCUT2D eigenvalue weighted by atomic mass is 10.1. The van der Waals surface area contributed by atoms with E-state index in [4.69, 9.17) is 4.74 Å². The van der Waals surface area contributed by atoms with Crippen LogP contribution in [0.5, 0.6) is 0 Å². The predicted molar refractivity (Wildman–Crippen MR) is 56.5 cm³/mol. The fourth-order valence-corrected chi connectivity index (χ4v) is 1.50. The quantitative estimate of drug-likeness (QED) is 0.661. The Morgan fingerprint density at radius 1 is 1.47 bits per heavy atom. The first kappa shape index (κ1) is 12.2. The third-order valence-electron chi connectivity index (χ3n) is 2.15. The van der Waals surface area contributed by atoms with Gasteiger partial charge in [-0.25, -0.2) is 0 Å². The van der Waals surface area contributed by atoms with Gasteiger partial charge in [-0.3, -0.25) is 9.59 Å². The maximum atomic E-state index is 11.7. The van der Waals surface area contributed by atoms with E-state index in [0.717, 1.165) is 6.42 Å². The molecule has 0 radical (unpaired) electrons. The summed E-state index contributed by atoms with van der Waals surface area (Å²) in [7, 11) is 0. The molecule has 4 nitrogen and oxygen atoms in total. The topological polar surface area (TPSA) is 55.4 Å². The molecule has 4 heteroatoms. The zero-order chi connectivity index (χ0) is 11.5. The summed E-state index contributed by atoms with van der Waals surface area (Å²) < 4.78 is 5.23. The Balaban J connectivity index is 2.54. The molecule has 1 fully saturated rings. The first-order chi connectivity index (χ1) is 6.88. The number of ketones is 1. The molecular formula is C11H19NO3. The van der Waals surface area contributed by atoms with Crippen LogP contribution in [0.25, 0.3) is 0 Å². The number of Topliss-reactive ketones (excluding diaryl/α,β-unsaturated/α-hetero) is 1. The molecule has 1 N–H and O–H groups in total. The zero-order valence-electron chi connectivity index (χ0n) is 9.63. The van der Waals surface area contributed by atoms with Crippen LogP contribution in [0.2, 0.25) is 0 Å². The average molecular weight is 213 g/mol. The van der Waals surface area contributed by atoms with Gasteiger partial charge in [-0.2, -0.15) is 0 Å². The Morgan fingerprint density at radius 3 is 2.73 bits per heavy atom. The van der Waals surface area contributed by atoms with E-state index in [1.165, 1.54) is 0 Å². The summed E-state index contributed by atoms with van der Waals surface area (Å²) in [5.41, 5.74) is -0.492. The van der Waals surface area contributed by atoms with Crippen molar-refractivity contribution in [2.24, 2.45) is 0 Å². The van der Waals surface area contributed by atoms with Gasteiger partial charge in [0, 0.05) is 12.8 Å². The van der Waals surface area contributed by atoms with Crippen LogP contribution in [-0.4, -0.2) is 29.9 Å². The minimum Gasteiger partial charge on any atom is -0.459 e. The molecule has 1 saturated heterocycles. The van der Waals surface area contributed by atoms with Crippen molar-refractivity contribution in [3.8, 4) is 0 Å². The number of esters is 1. The van der Waals surface area contributed by atoms with Crippen LogP contribution in [0.1, 0.15) is 40.0 Å². The van der Waals surface area contributed by atoms with Gasteiger partial charge in [0.2, 0.25) is 0 Å². The number of rotatable bonds is 1. The van der Waals surface area contributed by atoms with Gasteiger partial charge in [0.05, 0.1) is 0 Å². The molecule has 86 valence electrons. The molecule has 0 aromatic heterocycles. The van der Waals surface area contributed by atoms with E-state index < -0.39 is 11.6 Å². The smallest absolute Gasteiger partial charge is 0.324 e. The zero-order valence-corrected chi connectivity index (χ0v) is 9.63. The molecule has 0 saturated carbocycles. The standard InChI is InChI=1S/C11H19NO3/c1-11(2,3)15-10(14)9-7-8(13)5-4-6-12-9/h9,12H,4-7H2,1-3H3. The number of hydrogen-bond acceptors (Lipinski definition) is 4. The summed E-state index contributed by atoms with van der Waals surface area (Å²) >= 11 is 0. The Bertz CT molecular complexity index is 255. The molecule has 1 atom stereocenters. The van der Waals surface area contributed by atoms with Crippen molar-refractivity contribution in [3.05, 3.63) is 0 Å². The van der Waals surface area contributed by atoms with Crippen molar-refractivity contribution >= 4 is 11.8 Å². The van der Waals surface area contributed by atoms with Crippen LogP contribution in [0.3, 0.4) is 0 Å². The molecule has 0 spiro atoms. The third-order valence-corrected chi connectivity index (χ3v) is 2.15. The number of nitrogens with one attached hydrogen (secondary N) is 1. The van der Waals surface area contributed by atoms with Crippen LogP contribution in [0, 0.1) is 0 Å². The average Bonchev–Trinajstić information content (AvgIpc) is 2.26.